The van der Waals surface area contributed by atoms with Crippen molar-refractivity contribution in [1.29, 1.82) is 0 Å². The van der Waals surface area contributed by atoms with Crippen molar-refractivity contribution >= 4 is 23.2 Å². The number of amides is 1. The number of anilines is 1. The predicted octanol–water partition coefficient (Wildman–Crippen LogP) is 1.39. The number of aliphatic hydroxyl groups excluding tert-OH is 1. The van der Waals surface area contributed by atoms with Crippen LogP contribution in [0.3, 0.4) is 0 Å². The smallest absolute Gasteiger partial charge is 0.227 e. The highest BCUT2D eigenvalue weighted by Gasteiger charge is 2.31. The largest absolute Gasteiger partial charge is 0.506 e. The van der Waals surface area contributed by atoms with Crippen molar-refractivity contribution in [3.05, 3.63) is 23.2 Å². The summed E-state index contributed by atoms with van der Waals surface area (Å²) < 4.78 is 0. The summed E-state index contributed by atoms with van der Waals surface area (Å²) in [5.74, 6) is -0.154. The molecule has 4 nitrogen and oxygen atoms in total. The van der Waals surface area contributed by atoms with E-state index in [1.54, 1.807) is 12.1 Å². The molecule has 0 saturated carbocycles. The Balaban J connectivity index is 2.28. The molecule has 0 aromatic heterocycles. The molecule has 1 atom stereocenters. The van der Waals surface area contributed by atoms with Crippen molar-refractivity contribution in [3.63, 3.8) is 0 Å². The Bertz CT molecular complexity index is 422. The van der Waals surface area contributed by atoms with Gasteiger partial charge in [0.25, 0.3) is 0 Å². The molecule has 0 radical (unpaired) electrons. The zero-order valence-corrected chi connectivity index (χ0v) is 9.31. The van der Waals surface area contributed by atoms with E-state index in [2.05, 4.69) is 0 Å². The van der Waals surface area contributed by atoms with E-state index in [9.17, 15) is 9.90 Å². The van der Waals surface area contributed by atoms with Gasteiger partial charge in [-0.25, -0.2) is 0 Å². The van der Waals surface area contributed by atoms with Gasteiger partial charge in [-0.2, -0.15) is 0 Å². The molecular formula is C11H12ClNO3. The second-order valence-electron chi connectivity index (χ2n) is 3.89. The molecule has 0 bridgehead atoms. The van der Waals surface area contributed by atoms with Crippen molar-refractivity contribution in [3.8, 4) is 5.75 Å². The molecule has 1 amide bonds. The van der Waals surface area contributed by atoms with Gasteiger partial charge in [0.2, 0.25) is 5.91 Å². The first-order chi connectivity index (χ1) is 7.61. The first kappa shape index (κ1) is 11.2. The van der Waals surface area contributed by atoms with Crippen LogP contribution in [0.5, 0.6) is 5.75 Å². The highest BCUT2D eigenvalue weighted by molar-refractivity contribution is 6.30. The molecule has 1 saturated heterocycles. The molecular weight excluding hydrogens is 230 g/mol. The average Bonchev–Trinajstić information content (AvgIpc) is 2.60. The van der Waals surface area contributed by atoms with Crippen molar-refractivity contribution in [2.75, 3.05) is 18.1 Å². The molecule has 1 unspecified atom stereocenters. The second-order valence-corrected chi connectivity index (χ2v) is 4.33. The van der Waals surface area contributed by atoms with Gasteiger partial charge in [0.05, 0.1) is 5.69 Å². The van der Waals surface area contributed by atoms with E-state index in [1.807, 2.05) is 0 Å². The summed E-state index contributed by atoms with van der Waals surface area (Å²) in [7, 11) is 0. The van der Waals surface area contributed by atoms with E-state index in [0.717, 1.165) is 0 Å². The molecule has 0 spiro atoms. The fourth-order valence-electron chi connectivity index (χ4n) is 1.86. The van der Waals surface area contributed by atoms with Crippen LogP contribution in [0.4, 0.5) is 5.69 Å². The third-order valence-electron chi connectivity index (χ3n) is 2.69. The number of rotatable bonds is 2. The van der Waals surface area contributed by atoms with Gasteiger partial charge in [0, 0.05) is 36.6 Å². The Hall–Kier alpha value is -1.26. The van der Waals surface area contributed by atoms with Gasteiger partial charge in [-0.15, -0.1) is 0 Å². The van der Waals surface area contributed by atoms with Crippen molar-refractivity contribution < 1.29 is 15.0 Å². The standard InChI is InChI=1S/C11H12ClNO3/c12-8-1-2-9(10(15)4-8)13-5-7(6-14)3-11(13)16/h1-2,4,7,14-15H,3,5-6H2. The minimum absolute atomic E-state index is 0.0144. The summed E-state index contributed by atoms with van der Waals surface area (Å²) >= 11 is 5.71. The van der Waals surface area contributed by atoms with Crippen LogP contribution < -0.4 is 4.90 Å². The van der Waals surface area contributed by atoms with E-state index in [1.165, 1.54) is 11.0 Å². The Morgan fingerprint density at radius 2 is 2.25 bits per heavy atom. The zero-order chi connectivity index (χ0) is 11.7. The first-order valence-electron chi connectivity index (χ1n) is 5.01. The lowest BCUT2D eigenvalue weighted by Crippen LogP contribution is -2.24. The SMILES string of the molecule is O=C1CC(CO)CN1c1ccc(Cl)cc1O. The van der Waals surface area contributed by atoms with E-state index >= 15 is 0 Å². The number of phenolic OH excluding ortho intramolecular Hbond substituents is 1. The van der Waals surface area contributed by atoms with Gasteiger partial charge in [-0.3, -0.25) is 4.79 Å². The number of aromatic hydroxyl groups is 1. The van der Waals surface area contributed by atoms with Gasteiger partial charge in [-0.05, 0) is 12.1 Å². The number of halogens is 1. The maximum Gasteiger partial charge on any atom is 0.227 e. The van der Waals surface area contributed by atoms with Crippen LogP contribution in [0.1, 0.15) is 6.42 Å². The average molecular weight is 242 g/mol. The summed E-state index contributed by atoms with van der Waals surface area (Å²) in [6, 6.07) is 4.63. The fourth-order valence-corrected chi connectivity index (χ4v) is 2.03. The minimum atomic E-state index is -0.0864. The summed E-state index contributed by atoms with van der Waals surface area (Å²) in [6.07, 6.45) is 0.318. The number of nitrogens with zero attached hydrogens (tertiary/aromatic N) is 1. The molecule has 16 heavy (non-hydrogen) atoms. The number of hydrogen-bond acceptors (Lipinski definition) is 3. The van der Waals surface area contributed by atoms with Crippen LogP contribution in [-0.4, -0.2) is 29.3 Å². The number of benzene rings is 1. The van der Waals surface area contributed by atoms with Crippen molar-refractivity contribution in [2.24, 2.45) is 5.92 Å². The monoisotopic (exact) mass is 241 g/mol. The summed E-state index contributed by atoms with van der Waals surface area (Å²) in [4.78, 5) is 13.1. The third-order valence-corrected chi connectivity index (χ3v) is 2.93. The normalized spacial score (nSPS) is 20.5. The summed E-state index contributed by atoms with van der Waals surface area (Å²) in [5, 5.41) is 19.1. The molecule has 1 heterocycles. The maximum absolute atomic E-state index is 11.7. The lowest BCUT2D eigenvalue weighted by Gasteiger charge is -2.17. The number of phenols is 1. The maximum atomic E-state index is 11.7. The molecule has 1 aromatic carbocycles. The van der Waals surface area contributed by atoms with Gasteiger partial charge >= 0.3 is 0 Å². The predicted molar refractivity (Wildman–Crippen MR) is 60.7 cm³/mol. The first-order valence-corrected chi connectivity index (χ1v) is 5.39. The van der Waals surface area contributed by atoms with Crippen LogP contribution >= 0.6 is 11.6 Å². The van der Waals surface area contributed by atoms with Gasteiger partial charge in [-0.1, -0.05) is 11.6 Å². The minimum Gasteiger partial charge on any atom is -0.506 e. The van der Waals surface area contributed by atoms with Crippen LogP contribution in [0.25, 0.3) is 0 Å². The van der Waals surface area contributed by atoms with Crippen LogP contribution in [0.2, 0.25) is 5.02 Å². The lowest BCUT2D eigenvalue weighted by atomic mass is 10.1. The molecule has 2 N–H and O–H groups in total. The van der Waals surface area contributed by atoms with Crippen LogP contribution in [-0.2, 0) is 4.79 Å². The number of carbonyl (C=O) groups is 1. The number of hydrogen-bond donors (Lipinski definition) is 2. The van der Waals surface area contributed by atoms with Gasteiger partial charge < -0.3 is 15.1 Å². The zero-order valence-electron chi connectivity index (χ0n) is 8.56. The highest BCUT2D eigenvalue weighted by atomic mass is 35.5. The lowest BCUT2D eigenvalue weighted by molar-refractivity contribution is -0.117. The topological polar surface area (TPSA) is 60.8 Å². The number of carbonyl (C=O) groups excluding carboxylic acids is 1. The molecule has 1 aromatic rings. The van der Waals surface area contributed by atoms with E-state index in [4.69, 9.17) is 16.7 Å². The Morgan fingerprint density at radius 1 is 1.50 bits per heavy atom. The summed E-state index contributed by atoms with van der Waals surface area (Å²) in [6.45, 7) is 0.418. The highest BCUT2D eigenvalue weighted by Crippen LogP contribution is 2.33. The van der Waals surface area contributed by atoms with E-state index < -0.39 is 0 Å². The quantitative estimate of drug-likeness (QED) is 0.823. The molecule has 1 fully saturated rings. The third kappa shape index (κ3) is 1.99. The molecule has 1 aliphatic rings. The molecule has 2 rings (SSSR count). The van der Waals surface area contributed by atoms with Crippen LogP contribution in [0, 0.1) is 5.92 Å². The molecule has 86 valence electrons. The molecule has 5 heteroatoms. The van der Waals surface area contributed by atoms with Gasteiger partial charge in [0.15, 0.2) is 0 Å². The van der Waals surface area contributed by atoms with Crippen molar-refractivity contribution in [1.82, 2.24) is 0 Å². The Labute approximate surface area is 98.1 Å². The molecule has 0 aliphatic carbocycles. The fraction of sp³-hybridized carbons (Fsp3) is 0.364. The van der Waals surface area contributed by atoms with E-state index in [-0.39, 0.29) is 24.2 Å². The number of aliphatic hydroxyl groups is 1. The Kier molecular flexibility index (Phi) is 3.03. The summed E-state index contributed by atoms with van der Waals surface area (Å²) in [5.41, 5.74) is 0.449. The Morgan fingerprint density at radius 3 is 2.81 bits per heavy atom. The van der Waals surface area contributed by atoms with Crippen molar-refractivity contribution in [2.45, 2.75) is 6.42 Å². The van der Waals surface area contributed by atoms with Crippen LogP contribution in [0.15, 0.2) is 18.2 Å². The molecule has 1 aliphatic heterocycles. The van der Waals surface area contributed by atoms with Gasteiger partial charge in [0.1, 0.15) is 5.75 Å². The second kappa shape index (κ2) is 4.31. The van der Waals surface area contributed by atoms with E-state index in [0.29, 0.717) is 23.7 Å².